The highest BCUT2D eigenvalue weighted by Crippen LogP contribution is 2.33. The van der Waals surface area contributed by atoms with E-state index in [4.69, 9.17) is 23.2 Å². The Kier molecular flexibility index (Phi) is 5.03. The Morgan fingerprint density at radius 1 is 1.12 bits per heavy atom. The number of aromatic hydroxyl groups is 1. The molecule has 2 aromatic carbocycles. The van der Waals surface area contributed by atoms with Crippen LogP contribution < -0.4 is 5.32 Å². The zero-order valence-corrected chi connectivity index (χ0v) is 15.7. The Labute approximate surface area is 162 Å². The minimum Gasteiger partial charge on any atom is -0.506 e. The van der Waals surface area contributed by atoms with Gasteiger partial charge in [0.15, 0.2) is 0 Å². The average molecular weight is 442 g/mol. The molecule has 1 saturated heterocycles. The summed E-state index contributed by atoms with van der Waals surface area (Å²) in [6.07, 6.45) is 1.38. The third kappa shape index (κ3) is 3.81. The maximum atomic E-state index is 12.5. The van der Waals surface area contributed by atoms with Gasteiger partial charge in [0.05, 0.1) is 11.0 Å². The number of urea groups is 1. The Morgan fingerprint density at radius 2 is 1.80 bits per heavy atom. The molecular formula is C17H11BrCl2N2O3. The highest BCUT2D eigenvalue weighted by atomic mass is 79.9. The highest BCUT2D eigenvalue weighted by Gasteiger charge is 2.33. The molecule has 3 rings (SSSR count). The molecule has 1 aliphatic heterocycles. The van der Waals surface area contributed by atoms with Gasteiger partial charge in [-0.2, -0.15) is 0 Å². The number of halogens is 3. The van der Waals surface area contributed by atoms with Crippen LogP contribution in [0.2, 0.25) is 10.0 Å². The number of phenolic OH excluding ortho intramolecular Hbond substituents is 1. The smallest absolute Gasteiger partial charge is 0.329 e. The van der Waals surface area contributed by atoms with E-state index in [0.717, 1.165) is 10.5 Å². The lowest BCUT2D eigenvalue weighted by molar-refractivity contribution is -0.123. The third-order valence-electron chi connectivity index (χ3n) is 3.57. The molecule has 5 nitrogen and oxygen atoms in total. The molecule has 0 bridgehead atoms. The fourth-order valence-corrected chi connectivity index (χ4v) is 3.30. The molecule has 3 amide bonds. The number of hydrogen-bond acceptors (Lipinski definition) is 3. The first-order valence-corrected chi connectivity index (χ1v) is 8.67. The Hall–Kier alpha value is -2.02. The van der Waals surface area contributed by atoms with Gasteiger partial charge in [0, 0.05) is 15.6 Å². The van der Waals surface area contributed by atoms with E-state index in [0.29, 0.717) is 20.1 Å². The molecule has 0 spiro atoms. The monoisotopic (exact) mass is 440 g/mol. The molecule has 0 atom stereocenters. The predicted molar refractivity (Wildman–Crippen MR) is 99.3 cm³/mol. The third-order valence-corrected chi connectivity index (χ3v) is 4.65. The molecule has 8 heteroatoms. The van der Waals surface area contributed by atoms with Crippen molar-refractivity contribution in [2.45, 2.75) is 6.54 Å². The highest BCUT2D eigenvalue weighted by molar-refractivity contribution is 9.10. The number of nitrogens with zero attached hydrogens (tertiary/aromatic N) is 1. The minimum atomic E-state index is -0.535. The summed E-state index contributed by atoms with van der Waals surface area (Å²) in [5, 5.41) is 13.5. The van der Waals surface area contributed by atoms with Crippen LogP contribution in [0.4, 0.5) is 4.79 Å². The van der Waals surface area contributed by atoms with Gasteiger partial charge in [-0.15, -0.1) is 0 Å². The van der Waals surface area contributed by atoms with Crippen molar-refractivity contribution < 1.29 is 14.7 Å². The molecule has 1 heterocycles. The number of phenols is 1. The summed E-state index contributed by atoms with van der Waals surface area (Å²) in [5.74, 6) is -0.564. The van der Waals surface area contributed by atoms with Gasteiger partial charge in [-0.1, -0.05) is 35.3 Å². The van der Waals surface area contributed by atoms with Gasteiger partial charge in [0.25, 0.3) is 5.91 Å². The van der Waals surface area contributed by atoms with Crippen molar-refractivity contribution >= 4 is 57.1 Å². The van der Waals surface area contributed by atoms with Crippen molar-refractivity contribution in [3.63, 3.8) is 0 Å². The maximum absolute atomic E-state index is 12.5. The summed E-state index contributed by atoms with van der Waals surface area (Å²) in [4.78, 5) is 25.7. The van der Waals surface area contributed by atoms with Gasteiger partial charge in [-0.25, -0.2) is 4.79 Å². The van der Waals surface area contributed by atoms with Crippen molar-refractivity contribution in [2.24, 2.45) is 0 Å². The van der Waals surface area contributed by atoms with Crippen LogP contribution in [0, 0.1) is 0 Å². The van der Waals surface area contributed by atoms with Gasteiger partial charge in [-0.3, -0.25) is 9.69 Å². The van der Waals surface area contributed by atoms with E-state index in [9.17, 15) is 14.7 Å². The van der Waals surface area contributed by atoms with Crippen molar-refractivity contribution in [3.05, 3.63) is 67.7 Å². The van der Waals surface area contributed by atoms with Gasteiger partial charge >= 0.3 is 6.03 Å². The largest absolute Gasteiger partial charge is 0.506 e. The second-order valence-corrected chi connectivity index (χ2v) is 7.06. The van der Waals surface area contributed by atoms with Crippen LogP contribution in [0.25, 0.3) is 6.08 Å². The molecule has 1 fully saturated rings. The van der Waals surface area contributed by atoms with Crippen molar-refractivity contribution in [2.75, 3.05) is 0 Å². The second-order valence-electron chi connectivity index (χ2n) is 5.33. The van der Waals surface area contributed by atoms with E-state index in [2.05, 4.69) is 21.2 Å². The standard InChI is InChI=1S/C17H11BrCl2N2O3/c18-13-7-12(20)5-10(15(13)23)6-14-16(24)22(17(25)21-14)8-9-1-3-11(19)4-2-9/h1-7,23H,8H2,(H,21,25)/b14-6-. The van der Waals surface area contributed by atoms with E-state index in [1.54, 1.807) is 24.3 Å². The number of amides is 3. The Bertz CT molecular complexity index is 898. The molecule has 0 unspecified atom stereocenters. The molecular weight excluding hydrogens is 431 g/mol. The molecule has 0 radical (unpaired) electrons. The number of imide groups is 1. The van der Waals surface area contributed by atoms with Crippen LogP contribution in [0.3, 0.4) is 0 Å². The lowest BCUT2D eigenvalue weighted by Gasteiger charge is -2.11. The normalized spacial score (nSPS) is 15.8. The fraction of sp³-hybridized carbons (Fsp3) is 0.0588. The summed E-state index contributed by atoms with van der Waals surface area (Å²) in [6.45, 7) is 0.115. The van der Waals surface area contributed by atoms with E-state index in [1.165, 1.54) is 18.2 Å². The molecule has 0 aliphatic carbocycles. The SMILES string of the molecule is O=C1N/C(=C\c2cc(Cl)cc(Br)c2O)C(=O)N1Cc1ccc(Cl)cc1. The maximum Gasteiger partial charge on any atom is 0.329 e. The molecule has 1 aliphatic rings. The summed E-state index contributed by atoms with van der Waals surface area (Å²) in [6, 6.07) is 9.35. The van der Waals surface area contributed by atoms with Crippen LogP contribution in [-0.4, -0.2) is 21.9 Å². The van der Waals surface area contributed by atoms with Crippen LogP contribution in [0.1, 0.15) is 11.1 Å². The minimum absolute atomic E-state index is 0.0587. The van der Waals surface area contributed by atoms with Crippen LogP contribution in [-0.2, 0) is 11.3 Å². The lowest BCUT2D eigenvalue weighted by atomic mass is 10.1. The first-order valence-electron chi connectivity index (χ1n) is 7.12. The van der Waals surface area contributed by atoms with Gasteiger partial charge in [0.2, 0.25) is 0 Å². The number of rotatable bonds is 3. The molecule has 2 N–H and O–H groups in total. The molecule has 128 valence electrons. The van der Waals surface area contributed by atoms with Crippen molar-refractivity contribution in [1.29, 1.82) is 0 Å². The van der Waals surface area contributed by atoms with Crippen LogP contribution >= 0.6 is 39.1 Å². The number of nitrogens with one attached hydrogen (secondary N) is 1. The zero-order valence-electron chi connectivity index (χ0n) is 12.6. The first-order chi connectivity index (χ1) is 11.8. The Balaban J connectivity index is 1.87. The number of hydrogen-bond donors (Lipinski definition) is 2. The number of carbonyl (C=O) groups excluding carboxylic acids is 2. The first kappa shape index (κ1) is 17.8. The van der Waals surface area contributed by atoms with E-state index in [-0.39, 0.29) is 18.0 Å². The van der Waals surface area contributed by atoms with Crippen molar-refractivity contribution in [1.82, 2.24) is 10.2 Å². The van der Waals surface area contributed by atoms with Crippen LogP contribution in [0.15, 0.2) is 46.6 Å². The summed E-state index contributed by atoms with van der Waals surface area (Å²) in [7, 11) is 0. The quantitative estimate of drug-likeness (QED) is 0.542. The van der Waals surface area contributed by atoms with Gasteiger partial charge in [0.1, 0.15) is 11.4 Å². The van der Waals surface area contributed by atoms with E-state index in [1.807, 2.05) is 0 Å². The summed E-state index contributed by atoms with van der Waals surface area (Å²) < 4.78 is 0.390. The average Bonchev–Trinajstić information content (AvgIpc) is 2.81. The molecule has 2 aromatic rings. The Morgan fingerprint density at radius 3 is 2.48 bits per heavy atom. The summed E-state index contributed by atoms with van der Waals surface area (Å²) in [5.41, 5.74) is 1.14. The second kappa shape index (κ2) is 7.07. The van der Waals surface area contributed by atoms with Gasteiger partial charge < -0.3 is 10.4 Å². The van der Waals surface area contributed by atoms with E-state index >= 15 is 0 Å². The fourth-order valence-electron chi connectivity index (χ4n) is 2.34. The zero-order chi connectivity index (χ0) is 18.1. The van der Waals surface area contributed by atoms with Crippen molar-refractivity contribution in [3.8, 4) is 5.75 Å². The van der Waals surface area contributed by atoms with Crippen LogP contribution in [0.5, 0.6) is 5.75 Å². The number of carbonyl (C=O) groups is 2. The van der Waals surface area contributed by atoms with Gasteiger partial charge in [-0.05, 0) is 51.8 Å². The molecule has 0 aromatic heterocycles. The number of benzene rings is 2. The lowest BCUT2D eigenvalue weighted by Crippen LogP contribution is -2.30. The predicted octanol–water partition coefficient (Wildman–Crippen LogP) is 4.55. The topological polar surface area (TPSA) is 69.6 Å². The van der Waals surface area contributed by atoms with E-state index < -0.39 is 11.9 Å². The molecule has 25 heavy (non-hydrogen) atoms. The molecule has 0 saturated carbocycles. The summed E-state index contributed by atoms with van der Waals surface area (Å²) >= 11 is 15.0.